The summed E-state index contributed by atoms with van der Waals surface area (Å²) in [6, 6.07) is 22.2. The second-order valence-electron chi connectivity index (χ2n) is 8.42. The highest BCUT2D eigenvalue weighted by Gasteiger charge is 2.29. The van der Waals surface area contributed by atoms with Gasteiger partial charge in [-0.25, -0.2) is 8.42 Å². The van der Waals surface area contributed by atoms with Gasteiger partial charge in [-0.05, 0) is 67.1 Å². The third-order valence-electron chi connectivity index (χ3n) is 5.96. The molecule has 3 aromatic rings. The molecule has 3 aromatic carbocycles. The van der Waals surface area contributed by atoms with Crippen molar-refractivity contribution in [2.24, 2.45) is 0 Å². The number of hydrogen-bond donors (Lipinski definition) is 1. The molecule has 1 aliphatic carbocycles. The zero-order valence-electron chi connectivity index (χ0n) is 18.5. The number of sulfonamides is 1. The second kappa shape index (κ2) is 10.2. The molecule has 7 heteroatoms. The van der Waals surface area contributed by atoms with Crippen molar-refractivity contribution < 1.29 is 13.2 Å². The normalized spacial score (nSPS) is 15.8. The monoisotopic (exact) mass is 526 g/mol. The molecule has 33 heavy (non-hydrogen) atoms. The summed E-state index contributed by atoms with van der Waals surface area (Å²) in [5.41, 5.74) is 4.15. The van der Waals surface area contributed by atoms with Crippen molar-refractivity contribution in [3.05, 3.63) is 99.5 Å². The van der Waals surface area contributed by atoms with Gasteiger partial charge in [0, 0.05) is 11.0 Å². The van der Waals surface area contributed by atoms with E-state index < -0.39 is 10.0 Å². The summed E-state index contributed by atoms with van der Waals surface area (Å²) < 4.78 is 29.1. The van der Waals surface area contributed by atoms with Gasteiger partial charge in [0.05, 0.1) is 17.5 Å². The molecule has 1 aliphatic rings. The number of aryl methyl sites for hydroxylation is 2. The van der Waals surface area contributed by atoms with E-state index in [1.54, 1.807) is 24.3 Å². The van der Waals surface area contributed by atoms with Crippen molar-refractivity contribution in [3.8, 4) is 0 Å². The molecule has 4 rings (SSSR count). The Labute approximate surface area is 204 Å². The lowest BCUT2D eigenvalue weighted by atomic mass is 9.88. The van der Waals surface area contributed by atoms with E-state index in [9.17, 15) is 13.2 Å². The Balaban J connectivity index is 1.57. The van der Waals surface area contributed by atoms with Gasteiger partial charge in [-0.3, -0.25) is 4.79 Å². The van der Waals surface area contributed by atoms with Gasteiger partial charge in [0.2, 0.25) is 15.9 Å². The molecule has 0 fully saturated rings. The van der Waals surface area contributed by atoms with Crippen LogP contribution in [0.1, 0.15) is 41.1 Å². The first-order valence-corrected chi connectivity index (χ1v) is 13.2. The molecule has 0 unspecified atom stereocenters. The summed E-state index contributed by atoms with van der Waals surface area (Å²) in [4.78, 5) is 13.3. The molecule has 0 aromatic heterocycles. The lowest BCUT2D eigenvalue weighted by molar-refractivity contribution is -0.122. The van der Waals surface area contributed by atoms with Gasteiger partial charge in [0.15, 0.2) is 0 Å². The molecule has 172 valence electrons. The number of nitrogens with zero attached hydrogens (tertiary/aromatic N) is 1. The Kier molecular flexibility index (Phi) is 7.32. The van der Waals surface area contributed by atoms with Crippen LogP contribution in [-0.2, 0) is 27.8 Å². The van der Waals surface area contributed by atoms with Gasteiger partial charge in [-0.1, -0.05) is 70.0 Å². The summed E-state index contributed by atoms with van der Waals surface area (Å²) in [5, 5.41) is 3.08. The number of hydrogen-bond acceptors (Lipinski definition) is 3. The highest BCUT2D eigenvalue weighted by molar-refractivity contribution is 9.10. The fourth-order valence-corrected chi connectivity index (χ4v) is 5.83. The van der Waals surface area contributed by atoms with Crippen molar-refractivity contribution in [1.82, 2.24) is 9.62 Å². The minimum absolute atomic E-state index is 0.0981. The zero-order valence-corrected chi connectivity index (χ0v) is 20.9. The summed E-state index contributed by atoms with van der Waals surface area (Å²) in [7, 11) is -3.86. The molecule has 1 atom stereocenters. The van der Waals surface area contributed by atoms with E-state index in [1.807, 2.05) is 49.4 Å². The Hall–Kier alpha value is -2.48. The third-order valence-corrected chi connectivity index (χ3v) is 8.29. The number of nitrogens with one attached hydrogen (secondary N) is 1. The van der Waals surface area contributed by atoms with Crippen LogP contribution in [0.5, 0.6) is 0 Å². The Bertz CT molecular complexity index is 1230. The lowest BCUT2D eigenvalue weighted by Gasteiger charge is -2.28. The third kappa shape index (κ3) is 5.72. The molecule has 1 amide bonds. The number of amides is 1. The SMILES string of the molecule is Cc1ccc(S(=O)(=O)N(CC(=O)N[C@@H]2CCCc3ccccc32)Cc2ccc(Br)cc2)cc1. The fraction of sp³-hybridized carbons (Fsp3) is 0.269. The Morgan fingerprint density at radius 3 is 2.45 bits per heavy atom. The molecule has 0 aliphatic heterocycles. The molecule has 5 nitrogen and oxygen atoms in total. The fourth-order valence-electron chi connectivity index (χ4n) is 4.18. The minimum atomic E-state index is -3.86. The number of benzene rings is 3. The number of carbonyl (C=O) groups excluding carboxylic acids is 1. The van der Waals surface area contributed by atoms with Crippen LogP contribution in [0.3, 0.4) is 0 Å². The number of fused-ring (bicyclic) bond motifs is 1. The first-order chi connectivity index (χ1) is 15.8. The van der Waals surface area contributed by atoms with Gasteiger partial charge >= 0.3 is 0 Å². The molecule has 0 radical (unpaired) electrons. The molecule has 0 saturated carbocycles. The minimum Gasteiger partial charge on any atom is -0.348 e. The van der Waals surface area contributed by atoms with Gasteiger partial charge < -0.3 is 5.32 Å². The maximum Gasteiger partial charge on any atom is 0.243 e. The van der Waals surface area contributed by atoms with E-state index >= 15 is 0 Å². The van der Waals surface area contributed by atoms with Crippen molar-refractivity contribution in [2.75, 3.05) is 6.54 Å². The summed E-state index contributed by atoms with van der Waals surface area (Å²) >= 11 is 3.41. The Morgan fingerprint density at radius 2 is 1.73 bits per heavy atom. The highest BCUT2D eigenvalue weighted by Crippen LogP contribution is 2.29. The van der Waals surface area contributed by atoms with Crippen LogP contribution in [0, 0.1) is 6.92 Å². The van der Waals surface area contributed by atoms with E-state index in [2.05, 4.69) is 27.3 Å². The van der Waals surface area contributed by atoms with Crippen LogP contribution < -0.4 is 5.32 Å². The molecule has 0 spiro atoms. The zero-order chi connectivity index (χ0) is 23.4. The lowest BCUT2D eigenvalue weighted by Crippen LogP contribution is -2.42. The number of rotatable bonds is 7. The molecule has 0 heterocycles. The van der Waals surface area contributed by atoms with E-state index in [1.165, 1.54) is 9.87 Å². The van der Waals surface area contributed by atoms with E-state index in [-0.39, 0.29) is 29.9 Å². The first kappa shape index (κ1) is 23.7. The molecule has 0 saturated heterocycles. The average Bonchev–Trinajstić information content (AvgIpc) is 2.80. The van der Waals surface area contributed by atoms with E-state index in [0.29, 0.717) is 0 Å². The maximum atomic E-state index is 13.5. The standard InChI is InChI=1S/C26H27BrN2O3S/c1-19-9-15-23(16-10-19)33(31,32)29(17-20-11-13-22(27)14-12-20)18-26(30)28-25-8-4-6-21-5-2-3-7-24(21)25/h2-3,5,7,9-16,25H,4,6,8,17-18H2,1H3,(H,28,30)/t25-/m1/s1. The van der Waals surface area contributed by atoms with Gasteiger partial charge in [0.1, 0.15) is 0 Å². The van der Waals surface area contributed by atoms with Crippen LogP contribution in [0.4, 0.5) is 0 Å². The van der Waals surface area contributed by atoms with Crippen LogP contribution in [-0.4, -0.2) is 25.2 Å². The smallest absolute Gasteiger partial charge is 0.243 e. The van der Waals surface area contributed by atoms with Crippen LogP contribution in [0.25, 0.3) is 0 Å². The predicted molar refractivity (Wildman–Crippen MR) is 133 cm³/mol. The van der Waals surface area contributed by atoms with E-state index in [0.717, 1.165) is 40.4 Å². The summed E-state index contributed by atoms with van der Waals surface area (Å²) in [5.74, 6) is -0.301. The average molecular weight is 527 g/mol. The Morgan fingerprint density at radius 1 is 1.03 bits per heavy atom. The molecule has 0 bridgehead atoms. The molecule has 1 N–H and O–H groups in total. The second-order valence-corrected chi connectivity index (χ2v) is 11.3. The topological polar surface area (TPSA) is 66.5 Å². The highest BCUT2D eigenvalue weighted by atomic mass is 79.9. The number of halogens is 1. The van der Waals surface area contributed by atoms with Gasteiger partial charge in [-0.2, -0.15) is 4.31 Å². The molecular formula is C26H27BrN2O3S. The van der Waals surface area contributed by atoms with Crippen molar-refractivity contribution in [3.63, 3.8) is 0 Å². The summed E-state index contributed by atoms with van der Waals surface area (Å²) in [6.45, 7) is 1.77. The van der Waals surface area contributed by atoms with Crippen LogP contribution >= 0.6 is 15.9 Å². The first-order valence-electron chi connectivity index (χ1n) is 11.0. The largest absolute Gasteiger partial charge is 0.348 e. The predicted octanol–water partition coefficient (Wildman–Crippen LogP) is 5.14. The van der Waals surface area contributed by atoms with Crippen molar-refractivity contribution >= 4 is 31.9 Å². The maximum absolute atomic E-state index is 13.5. The number of carbonyl (C=O) groups is 1. The van der Waals surface area contributed by atoms with Crippen LogP contribution in [0.15, 0.2) is 82.2 Å². The molecular weight excluding hydrogens is 500 g/mol. The van der Waals surface area contributed by atoms with Crippen LogP contribution in [0.2, 0.25) is 0 Å². The van der Waals surface area contributed by atoms with Crippen molar-refractivity contribution in [2.45, 2.75) is 43.7 Å². The van der Waals surface area contributed by atoms with Gasteiger partial charge in [-0.15, -0.1) is 0 Å². The quantitative estimate of drug-likeness (QED) is 0.463. The van der Waals surface area contributed by atoms with E-state index in [4.69, 9.17) is 0 Å². The van der Waals surface area contributed by atoms with Gasteiger partial charge in [0.25, 0.3) is 0 Å². The van der Waals surface area contributed by atoms with Crippen molar-refractivity contribution in [1.29, 1.82) is 0 Å². The summed E-state index contributed by atoms with van der Waals surface area (Å²) in [6.07, 6.45) is 2.84.